The fraction of sp³-hybridized carbons (Fsp3) is 0.0952. The van der Waals surface area contributed by atoms with Crippen molar-refractivity contribution >= 4 is 23.5 Å². The van der Waals surface area contributed by atoms with Crippen molar-refractivity contribution < 1.29 is 28.3 Å². The summed E-state index contributed by atoms with van der Waals surface area (Å²) in [6.45, 7) is 0.0667. The minimum absolute atomic E-state index is 0.0667. The van der Waals surface area contributed by atoms with Gasteiger partial charge in [0.1, 0.15) is 6.61 Å². The van der Waals surface area contributed by atoms with E-state index in [1.54, 1.807) is 60.7 Å². The number of nitrogens with one attached hydrogen (secondary N) is 1. The quantitative estimate of drug-likeness (QED) is 0.657. The summed E-state index contributed by atoms with van der Waals surface area (Å²) in [5, 5.41) is 2.66. The van der Waals surface area contributed by atoms with Crippen LogP contribution in [-0.4, -0.2) is 25.0 Å². The van der Waals surface area contributed by atoms with E-state index in [9.17, 15) is 14.4 Å². The fourth-order valence-corrected chi connectivity index (χ4v) is 2.38. The van der Waals surface area contributed by atoms with Gasteiger partial charge in [0.15, 0.2) is 5.76 Å². The van der Waals surface area contributed by atoms with Crippen LogP contribution in [0.4, 0.5) is 5.69 Å². The number of carbonyl (C=O) groups excluding carboxylic acids is 3. The van der Waals surface area contributed by atoms with E-state index in [0.717, 1.165) is 5.56 Å². The number of hydrogen-bond acceptors (Lipinski definition) is 6. The number of methoxy groups -OCH3 is 1. The number of esters is 2. The third-order valence-corrected chi connectivity index (χ3v) is 3.87. The molecule has 1 aromatic heterocycles. The highest BCUT2D eigenvalue weighted by Crippen LogP contribution is 2.14. The third kappa shape index (κ3) is 4.64. The van der Waals surface area contributed by atoms with Crippen molar-refractivity contribution in [2.75, 3.05) is 12.4 Å². The van der Waals surface area contributed by atoms with Crippen LogP contribution >= 0.6 is 0 Å². The van der Waals surface area contributed by atoms with E-state index in [0.29, 0.717) is 16.8 Å². The van der Waals surface area contributed by atoms with Crippen molar-refractivity contribution in [2.24, 2.45) is 0 Å². The average Bonchev–Trinajstić information content (AvgIpc) is 3.27. The third-order valence-electron chi connectivity index (χ3n) is 3.87. The molecule has 7 heteroatoms. The van der Waals surface area contributed by atoms with E-state index in [1.807, 2.05) is 0 Å². The first-order chi connectivity index (χ1) is 13.6. The van der Waals surface area contributed by atoms with Gasteiger partial charge in [-0.1, -0.05) is 12.1 Å². The second kappa shape index (κ2) is 8.68. The van der Waals surface area contributed by atoms with E-state index < -0.39 is 11.9 Å². The first-order valence-corrected chi connectivity index (χ1v) is 8.36. The molecule has 0 aliphatic rings. The molecule has 0 spiro atoms. The molecule has 3 aromatic rings. The fourth-order valence-electron chi connectivity index (χ4n) is 2.38. The van der Waals surface area contributed by atoms with Crippen molar-refractivity contribution in [3.05, 3.63) is 89.4 Å². The van der Waals surface area contributed by atoms with Crippen LogP contribution in [0.2, 0.25) is 0 Å². The van der Waals surface area contributed by atoms with Crippen molar-refractivity contribution in [1.82, 2.24) is 0 Å². The van der Waals surface area contributed by atoms with Crippen LogP contribution in [0.25, 0.3) is 0 Å². The molecule has 1 amide bonds. The van der Waals surface area contributed by atoms with E-state index >= 15 is 0 Å². The summed E-state index contributed by atoms with van der Waals surface area (Å²) >= 11 is 0. The molecule has 7 nitrogen and oxygen atoms in total. The molecule has 0 aliphatic carbocycles. The van der Waals surface area contributed by atoms with Gasteiger partial charge in [-0.25, -0.2) is 9.59 Å². The zero-order valence-electron chi connectivity index (χ0n) is 15.0. The van der Waals surface area contributed by atoms with Gasteiger partial charge in [0, 0.05) is 5.69 Å². The maximum Gasteiger partial charge on any atom is 0.338 e. The van der Waals surface area contributed by atoms with Crippen molar-refractivity contribution in [1.29, 1.82) is 0 Å². The van der Waals surface area contributed by atoms with Crippen LogP contribution in [0.1, 0.15) is 36.8 Å². The van der Waals surface area contributed by atoms with Crippen LogP contribution in [0.5, 0.6) is 0 Å². The predicted molar refractivity (Wildman–Crippen MR) is 100 cm³/mol. The number of carbonyl (C=O) groups is 3. The number of furan rings is 1. The number of anilines is 1. The summed E-state index contributed by atoms with van der Waals surface area (Å²) in [6, 6.07) is 16.1. The summed E-state index contributed by atoms with van der Waals surface area (Å²) in [6.07, 6.45) is 1.41. The molecule has 0 atom stereocenters. The lowest BCUT2D eigenvalue weighted by Crippen LogP contribution is -2.11. The Labute approximate surface area is 160 Å². The van der Waals surface area contributed by atoms with Gasteiger partial charge in [-0.05, 0) is 54.1 Å². The maximum atomic E-state index is 12.2. The molecular formula is C21H17NO6. The summed E-state index contributed by atoms with van der Waals surface area (Å²) in [5.41, 5.74) is 2.03. The lowest BCUT2D eigenvalue weighted by molar-refractivity contribution is 0.0471. The Bertz CT molecular complexity index is 959. The van der Waals surface area contributed by atoms with E-state index in [2.05, 4.69) is 10.1 Å². The van der Waals surface area contributed by atoms with Gasteiger partial charge in [-0.15, -0.1) is 0 Å². The molecule has 0 unspecified atom stereocenters. The Morgan fingerprint density at radius 1 is 0.893 bits per heavy atom. The summed E-state index contributed by atoms with van der Waals surface area (Å²) in [4.78, 5) is 35.5. The molecule has 0 saturated heterocycles. The average molecular weight is 379 g/mol. The summed E-state index contributed by atoms with van der Waals surface area (Å²) < 4.78 is 14.9. The van der Waals surface area contributed by atoms with E-state index in [-0.39, 0.29) is 18.3 Å². The van der Waals surface area contributed by atoms with Gasteiger partial charge < -0.3 is 19.2 Å². The van der Waals surface area contributed by atoms with Crippen molar-refractivity contribution in [3.8, 4) is 0 Å². The number of rotatable bonds is 6. The van der Waals surface area contributed by atoms with Crippen LogP contribution in [0.3, 0.4) is 0 Å². The lowest BCUT2D eigenvalue weighted by Gasteiger charge is -2.07. The number of amides is 1. The largest absolute Gasteiger partial charge is 0.465 e. The molecule has 1 N–H and O–H groups in total. The summed E-state index contributed by atoms with van der Waals surface area (Å²) in [7, 11) is 1.31. The molecule has 0 radical (unpaired) electrons. The maximum absolute atomic E-state index is 12.2. The zero-order valence-corrected chi connectivity index (χ0v) is 15.0. The molecule has 1 heterocycles. The Morgan fingerprint density at radius 3 is 2.14 bits per heavy atom. The van der Waals surface area contributed by atoms with Crippen molar-refractivity contribution in [3.63, 3.8) is 0 Å². The van der Waals surface area contributed by atoms with Crippen molar-refractivity contribution in [2.45, 2.75) is 6.61 Å². The highest BCUT2D eigenvalue weighted by atomic mass is 16.5. The predicted octanol–water partition coefficient (Wildman–Crippen LogP) is 3.68. The van der Waals surface area contributed by atoms with Crippen LogP contribution in [0, 0.1) is 0 Å². The Hall–Kier alpha value is -3.87. The Balaban J connectivity index is 1.54. The minimum Gasteiger partial charge on any atom is -0.465 e. The first kappa shape index (κ1) is 18.9. The minimum atomic E-state index is -0.499. The topological polar surface area (TPSA) is 94.8 Å². The second-order valence-corrected chi connectivity index (χ2v) is 5.77. The first-order valence-electron chi connectivity index (χ1n) is 8.36. The van der Waals surface area contributed by atoms with Crippen LogP contribution in [-0.2, 0) is 16.1 Å². The van der Waals surface area contributed by atoms with Gasteiger partial charge in [0.05, 0.1) is 24.5 Å². The Morgan fingerprint density at radius 2 is 1.54 bits per heavy atom. The molecule has 3 rings (SSSR count). The molecule has 0 saturated carbocycles. The van der Waals surface area contributed by atoms with E-state index in [4.69, 9.17) is 9.15 Å². The van der Waals surface area contributed by atoms with Gasteiger partial charge in [0.25, 0.3) is 5.91 Å². The molecule has 142 valence electrons. The smallest absolute Gasteiger partial charge is 0.338 e. The zero-order chi connectivity index (χ0) is 19.9. The van der Waals surface area contributed by atoms with Gasteiger partial charge >= 0.3 is 11.9 Å². The highest BCUT2D eigenvalue weighted by molar-refractivity contribution is 6.02. The molecule has 0 bridgehead atoms. The standard InChI is InChI=1S/C21H17NO6/c1-26-20(24)15-6-4-14(5-7-15)13-28-21(25)16-8-10-17(11-9-16)22-19(23)18-3-2-12-27-18/h2-12H,13H2,1H3,(H,22,23). The van der Waals surface area contributed by atoms with E-state index in [1.165, 1.54) is 13.4 Å². The number of ether oxygens (including phenoxy) is 2. The second-order valence-electron chi connectivity index (χ2n) is 5.77. The molecule has 0 fully saturated rings. The van der Waals surface area contributed by atoms with Gasteiger partial charge in [-0.2, -0.15) is 0 Å². The Kier molecular flexibility index (Phi) is 5.86. The monoisotopic (exact) mass is 379 g/mol. The molecule has 2 aromatic carbocycles. The van der Waals surface area contributed by atoms with Crippen LogP contribution in [0.15, 0.2) is 71.3 Å². The van der Waals surface area contributed by atoms with Gasteiger partial charge in [0.2, 0.25) is 0 Å². The molecular weight excluding hydrogens is 362 g/mol. The molecule has 0 aliphatic heterocycles. The molecule has 28 heavy (non-hydrogen) atoms. The number of hydrogen-bond donors (Lipinski definition) is 1. The number of benzene rings is 2. The lowest BCUT2D eigenvalue weighted by atomic mass is 10.1. The SMILES string of the molecule is COC(=O)c1ccc(COC(=O)c2ccc(NC(=O)c3ccco3)cc2)cc1. The van der Waals surface area contributed by atoms with Gasteiger partial charge in [-0.3, -0.25) is 4.79 Å². The summed E-state index contributed by atoms with van der Waals surface area (Å²) in [5.74, 6) is -1.11. The van der Waals surface area contributed by atoms with Crippen LogP contribution < -0.4 is 5.32 Å². The normalized spacial score (nSPS) is 10.2. The highest BCUT2D eigenvalue weighted by Gasteiger charge is 2.11.